The van der Waals surface area contributed by atoms with Gasteiger partial charge < -0.3 is 0 Å². The summed E-state index contributed by atoms with van der Waals surface area (Å²) in [7, 11) is 0. The Kier molecular flexibility index (Phi) is 1.83. The fourth-order valence-electron chi connectivity index (χ4n) is 1.71. The Morgan fingerprint density at radius 3 is 1.89 bits per heavy atom. The fourth-order valence-corrected chi connectivity index (χ4v) is 1.71. The van der Waals surface area contributed by atoms with E-state index in [0.717, 1.165) is 5.92 Å². The van der Waals surface area contributed by atoms with E-state index in [2.05, 4.69) is 20.8 Å². The Morgan fingerprint density at radius 2 is 1.67 bits per heavy atom. The van der Waals surface area contributed by atoms with E-state index >= 15 is 0 Å². The summed E-state index contributed by atoms with van der Waals surface area (Å²) in [5.74, 6) is 0.900. The quantitative estimate of drug-likeness (QED) is 0.505. The molecule has 1 radical (unpaired) electrons. The third-order valence-electron chi connectivity index (χ3n) is 2.46. The minimum Gasteiger partial charge on any atom is -0.0596 e. The zero-order valence-electron chi connectivity index (χ0n) is 6.61. The maximum Gasteiger partial charge on any atom is -0.0326 e. The van der Waals surface area contributed by atoms with Gasteiger partial charge >= 0.3 is 0 Å². The van der Waals surface area contributed by atoms with E-state index in [1.54, 1.807) is 0 Å². The van der Waals surface area contributed by atoms with Crippen LogP contribution in [0.4, 0.5) is 0 Å². The number of rotatable bonds is 1. The molecule has 0 aromatic rings. The highest BCUT2D eigenvalue weighted by atomic mass is 14.3. The van der Waals surface area contributed by atoms with Gasteiger partial charge in [-0.05, 0) is 31.1 Å². The van der Waals surface area contributed by atoms with Gasteiger partial charge in [-0.15, -0.1) is 0 Å². The lowest BCUT2D eigenvalue weighted by molar-refractivity contribution is 0.286. The Morgan fingerprint density at radius 1 is 1.22 bits per heavy atom. The summed E-state index contributed by atoms with van der Waals surface area (Å²) in [6, 6.07) is 0. The van der Waals surface area contributed by atoms with Crippen molar-refractivity contribution in [1.29, 1.82) is 0 Å². The lowest BCUT2D eigenvalue weighted by atomic mass is 9.80. The van der Waals surface area contributed by atoms with Crippen LogP contribution in [0.2, 0.25) is 0 Å². The largest absolute Gasteiger partial charge is 0.0596 e. The van der Waals surface area contributed by atoms with Crippen LogP contribution < -0.4 is 0 Å². The zero-order valence-corrected chi connectivity index (χ0v) is 6.61. The topological polar surface area (TPSA) is 0 Å². The molecular weight excluding hydrogens is 108 g/mol. The second-order valence-corrected chi connectivity index (χ2v) is 3.97. The molecular formula is C9H17. The molecule has 0 spiro atoms. The first-order valence-corrected chi connectivity index (χ1v) is 3.96. The highest BCUT2D eigenvalue weighted by Gasteiger charge is 2.26. The van der Waals surface area contributed by atoms with Gasteiger partial charge in [-0.2, -0.15) is 0 Å². The normalized spacial score (nSPS) is 23.0. The van der Waals surface area contributed by atoms with E-state index in [4.69, 9.17) is 0 Å². The smallest absolute Gasteiger partial charge is 0.0326 e. The molecule has 1 rings (SSSR count). The van der Waals surface area contributed by atoms with Gasteiger partial charge in [-0.1, -0.05) is 26.7 Å². The van der Waals surface area contributed by atoms with Crippen LogP contribution in [0.25, 0.3) is 0 Å². The molecule has 0 heterocycles. The summed E-state index contributed by atoms with van der Waals surface area (Å²) >= 11 is 0. The summed E-state index contributed by atoms with van der Waals surface area (Å²) in [5, 5.41) is 0. The van der Waals surface area contributed by atoms with E-state index in [-0.39, 0.29) is 0 Å². The highest BCUT2D eigenvalue weighted by Crippen LogP contribution is 2.38. The van der Waals surface area contributed by atoms with Gasteiger partial charge in [0.15, 0.2) is 0 Å². The average Bonchev–Trinajstić information content (AvgIpc) is 2.08. The van der Waals surface area contributed by atoms with Gasteiger partial charge in [0, 0.05) is 0 Å². The lowest BCUT2D eigenvalue weighted by Crippen LogP contribution is -2.16. The summed E-state index contributed by atoms with van der Waals surface area (Å²) in [5.41, 5.74) is 0.330. The first-order valence-electron chi connectivity index (χ1n) is 3.96. The maximum absolute atomic E-state index is 4.15. The van der Waals surface area contributed by atoms with Crippen molar-refractivity contribution < 1.29 is 0 Å². The minimum atomic E-state index is 0.330. The third-order valence-corrected chi connectivity index (χ3v) is 2.46. The van der Waals surface area contributed by atoms with Crippen LogP contribution >= 0.6 is 0 Å². The van der Waals surface area contributed by atoms with E-state index in [9.17, 15) is 0 Å². The molecule has 0 aromatic carbocycles. The van der Waals surface area contributed by atoms with Crippen molar-refractivity contribution in [3.05, 3.63) is 6.92 Å². The Balaban J connectivity index is 2.42. The summed E-state index contributed by atoms with van der Waals surface area (Å²) in [4.78, 5) is 0. The van der Waals surface area contributed by atoms with E-state index < -0.39 is 0 Å². The maximum atomic E-state index is 4.15. The first-order chi connectivity index (χ1) is 4.11. The molecule has 0 saturated heterocycles. The van der Waals surface area contributed by atoms with Crippen molar-refractivity contribution in [3.8, 4) is 0 Å². The summed E-state index contributed by atoms with van der Waals surface area (Å²) in [6.45, 7) is 8.66. The Hall–Kier alpha value is 0. The van der Waals surface area contributed by atoms with Gasteiger partial charge in [0.2, 0.25) is 0 Å². The second-order valence-electron chi connectivity index (χ2n) is 3.97. The Labute approximate surface area is 58.7 Å². The third kappa shape index (κ3) is 1.70. The molecule has 0 heteroatoms. The standard InChI is InChI=1S/C9H17/c1-9(2,3)8-6-4-5-7-8/h8H,1,4-7H2,2-3H3. The molecule has 1 fully saturated rings. The monoisotopic (exact) mass is 125 g/mol. The summed E-state index contributed by atoms with van der Waals surface area (Å²) < 4.78 is 0. The molecule has 0 aliphatic heterocycles. The minimum absolute atomic E-state index is 0.330. The van der Waals surface area contributed by atoms with Crippen LogP contribution in [0, 0.1) is 18.3 Å². The van der Waals surface area contributed by atoms with Gasteiger partial charge in [-0.25, -0.2) is 0 Å². The predicted molar refractivity (Wildman–Crippen MR) is 41.1 cm³/mol. The molecule has 1 saturated carbocycles. The molecule has 0 atom stereocenters. The summed E-state index contributed by atoms with van der Waals surface area (Å²) in [6.07, 6.45) is 5.69. The van der Waals surface area contributed by atoms with Gasteiger partial charge in [0.25, 0.3) is 0 Å². The SMILES string of the molecule is [CH2]C(C)(C)C1CCCC1. The van der Waals surface area contributed by atoms with Crippen LogP contribution in [-0.4, -0.2) is 0 Å². The van der Waals surface area contributed by atoms with E-state index in [1.807, 2.05) is 0 Å². The fraction of sp³-hybridized carbons (Fsp3) is 0.889. The van der Waals surface area contributed by atoms with Crippen molar-refractivity contribution in [2.45, 2.75) is 39.5 Å². The highest BCUT2D eigenvalue weighted by molar-refractivity contribution is 4.83. The molecule has 9 heavy (non-hydrogen) atoms. The molecule has 0 N–H and O–H groups in total. The predicted octanol–water partition coefficient (Wildman–Crippen LogP) is 3.04. The van der Waals surface area contributed by atoms with E-state index in [0.29, 0.717) is 5.41 Å². The van der Waals surface area contributed by atoms with Crippen molar-refractivity contribution in [3.63, 3.8) is 0 Å². The van der Waals surface area contributed by atoms with Gasteiger partial charge in [0.05, 0.1) is 0 Å². The van der Waals surface area contributed by atoms with Crippen LogP contribution in [0.5, 0.6) is 0 Å². The lowest BCUT2D eigenvalue weighted by Gasteiger charge is -2.25. The molecule has 1 aliphatic carbocycles. The average molecular weight is 125 g/mol. The molecule has 0 unspecified atom stereocenters. The molecule has 1 aliphatic rings. The molecule has 0 bridgehead atoms. The van der Waals surface area contributed by atoms with Gasteiger partial charge in [0.1, 0.15) is 0 Å². The van der Waals surface area contributed by atoms with Gasteiger partial charge in [-0.3, -0.25) is 0 Å². The van der Waals surface area contributed by atoms with Crippen LogP contribution in [0.3, 0.4) is 0 Å². The van der Waals surface area contributed by atoms with Crippen LogP contribution in [0.1, 0.15) is 39.5 Å². The molecule has 0 aromatic heterocycles. The molecule has 53 valence electrons. The van der Waals surface area contributed by atoms with Crippen molar-refractivity contribution >= 4 is 0 Å². The van der Waals surface area contributed by atoms with Crippen LogP contribution in [-0.2, 0) is 0 Å². The molecule has 0 amide bonds. The Bertz CT molecular complexity index is 80.7. The van der Waals surface area contributed by atoms with Crippen molar-refractivity contribution in [2.24, 2.45) is 11.3 Å². The number of hydrogen-bond donors (Lipinski definition) is 0. The van der Waals surface area contributed by atoms with E-state index in [1.165, 1.54) is 25.7 Å². The first kappa shape index (κ1) is 7.11. The van der Waals surface area contributed by atoms with Crippen molar-refractivity contribution in [2.75, 3.05) is 0 Å². The zero-order chi connectivity index (χ0) is 6.91. The van der Waals surface area contributed by atoms with Crippen LogP contribution in [0.15, 0.2) is 0 Å². The molecule has 0 nitrogen and oxygen atoms in total. The van der Waals surface area contributed by atoms with Crippen molar-refractivity contribution in [1.82, 2.24) is 0 Å². The number of hydrogen-bond acceptors (Lipinski definition) is 0. The second kappa shape index (κ2) is 2.32.